The number of benzene rings is 3. The summed E-state index contributed by atoms with van der Waals surface area (Å²) in [5, 5.41) is 5.09. The fraction of sp³-hybridized carbons (Fsp3) is 0.182. The number of hydrogen-bond donors (Lipinski definition) is 1. The first-order valence-corrected chi connectivity index (χ1v) is 9.02. The minimum atomic E-state index is -1.03. The van der Waals surface area contributed by atoms with Gasteiger partial charge in [-0.1, -0.05) is 60.7 Å². The first-order chi connectivity index (χ1) is 13.2. The van der Waals surface area contributed by atoms with Gasteiger partial charge in [0.25, 0.3) is 5.91 Å². The third kappa shape index (κ3) is 2.31. The highest BCUT2D eigenvalue weighted by Gasteiger charge is 2.54. The van der Waals surface area contributed by atoms with Gasteiger partial charge in [0.1, 0.15) is 5.75 Å². The lowest BCUT2D eigenvalue weighted by Crippen LogP contribution is -2.47. The smallest absolute Gasteiger partial charge is 0.325 e. The maximum atomic E-state index is 13.4. The predicted octanol–water partition coefficient (Wildman–Crippen LogP) is 3.57. The fourth-order valence-corrected chi connectivity index (χ4v) is 4.12. The Hall–Kier alpha value is -3.34. The molecule has 0 saturated carbocycles. The van der Waals surface area contributed by atoms with Crippen LogP contribution in [0.3, 0.4) is 0 Å². The third-order valence-electron chi connectivity index (χ3n) is 5.47. The van der Waals surface area contributed by atoms with Crippen LogP contribution in [0.4, 0.5) is 4.79 Å². The lowest BCUT2D eigenvalue weighted by Gasteiger charge is -2.33. The molecular formula is C22H18N2O3. The van der Waals surface area contributed by atoms with E-state index in [2.05, 4.69) is 5.32 Å². The summed E-state index contributed by atoms with van der Waals surface area (Å²) in [4.78, 5) is 27.5. The highest BCUT2D eigenvalue weighted by molar-refractivity contribution is 6.08. The Labute approximate surface area is 156 Å². The average molecular weight is 358 g/mol. The topological polar surface area (TPSA) is 58.6 Å². The Balaban J connectivity index is 1.54. The summed E-state index contributed by atoms with van der Waals surface area (Å²) in [5.74, 6) is 0.445. The molecule has 2 aliphatic heterocycles. The van der Waals surface area contributed by atoms with Crippen LogP contribution in [-0.4, -0.2) is 23.4 Å². The summed E-state index contributed by atoms with van der Waals surface area (Å²) < 4.78 is 5.68. The number of amides is 3. The van der Waals surface area contributed by atoms with Crippen molar-refractivity contribution in [1.29, 1.82) is 0 Å². The van der Waals surface area contributed by atoms with Crippen LogP contribution in [0.2, 0.25) is 0 Å². The molecule has 0 unspecified atom stereocenters. The molecule has 3 aromatic carbocycles. The molecule has 2 aliphatic rings. The number of fused-ring (bicyclic) bond motifs is 3. The maximum absolute atomic E-state index is 13.4. The number of urea groups is 1. The monoisotopic (exact) mass is 358 g/mol. The minimum Gasteiger partial charge on any atom is -0.493 e. The number of rotatable bonds is 2. The van der Waals surface area contributed by atoms with Crippen molar-refractivity contribution in [3.8, 4) is 5.75 Å². The minimum absolute atomic E-state index is 0.212. The Morgan fingerprint density at radius 2 is 1.74 bits per heavy atom. The lowest BCUT2D eigenvalue weighted by atomic mass is 9.84. The second-order valence-electron chi connectivity index (χ2n) is 6.96. The van der Waals surface area contributed by atoms with E-state index in [0.29, 0.717) is 18.8 Å². The van der Waals surface area contributed by atoms with Gasteiger partial charge in [-0.2, -0.15) is 0 Å². The molecule has 1 N–H and O–H groups in total. The van der Waals surface area contributed by atoms with E-state index in [4.69, 9.17) is 4.74 Å². The number of nitrogens with one attached hydrogen (secondary N) is 1. The first kappa shape index (κ1) is 15.9. The molecule has 134 valence electrons. The zero-order valence-corrected chi connectivity index (χ0v) is 14.6. The molecule has 5 nitrogen and oxygen atoms in total. The largest absolute Gasteiger partial charge is 0.493 e. The first-order valence-electron chi connectivity index (χ1n) is 9.02. The van der Waals surface area contributed by atoms with Gasteiger partial charge in [-0.15, -0.1) is 0 Å². The van der Waals surface area contributed by atoms with E-state index in [1.165, 1.54) is 4.90 Å². The van der Waals surface area contributed by atoms with Gasteiger partial charge in [-0.05, 0) is 22.4 Å². The molecule has 1 fully saturated rings. The van der Waals surface area contributed by atoms with Crippen molar-refractivity contribution in [2.24, 2.45) is 0 Å². The van der Waals surface area contributed by atoms with Crippen LogP contribution in [0.15, 0.2) is 66.7 Å². The molecule has 2 heterocycles. The van der Waals surface area contributed by atoms with E-state index >= 15 is 0 Å². The second-order valence-corrected chi connectivity index (χ2v) is 6.96. The number of ether oxygens (including phenoxy) is 1. The van der Waals surface area contributed by atoms with Gasteiger partial charge in [-0.25, -0.2) is 4.79 Å². The van der Waals surface area contributed by atoms with Crippen LogP contribution >= 0.6 is 0 Å². The molecule has 27 heavy (non-hydrogen) atoms. The molecule has 0 bridgehead atoms. The van der Waals surface area contributed by atoms with Crippen LogP contribution < -0.4 is 10.1 Å². The van der Waals surface area contributed by atoms with Crippen molar-refractivity contribution >= 4 is 22.7 Å². The van der Waals surface area contributed by atoms with Crippen molar-refractivity contribution in [3.63, 3.8) is 0 Å². The molecule has 1 saturated heterocycles. The van der Waals surface area contributed by atoms with Gasteiger partial charge in [0.2, 0.25) is 0 Å². The molecular weight excluding hydrogens is 340 g/mol. The maximum Gasteiger partial charge on any atom is 0.325 e. The molecule has 5 heteroatoms. The number of carbonyl (C=O) groups excluding carboxylic acids is 2. The molecule has 1 spiro atoms. The van der Waals surface area contributed by atoms with E-state index in [1.54, 1.807) is 0 Å². The van der Waals surface area contributed by atoms with Crippen molar-refractivity contribution in [2.45, 2.75) is 18.5 Å². The number of nitrogens with zero attached hydrogens (tertiary/aromatic N) is 1. The zero-order chi connectivity index (χ0) is 18.4. The Morgan fingerprint density at radius 3 is 2.67 bits per heavy atom. The average Bonchev–Trinajstić information content (AvgIpc) is 2.93. The Bertz CT molecular complexity index is 1070. The summed E-state index contributed by atoms with van der Waals surface area (Å²) >= 11 is 0. The van der Waals surface area contributed by atoms with E-state index in [-0.39, 0.29) is 18.5 Å². The summed E-state index contributed by atoms with van der Waals surface area (Å²) in [6.45, 7) is 0.641. The second kappa shape index (κ2) is 5.84. The van der Waals surface area contributed by atoms with Crippen LogP contribution in [0.5, 0.6) is 5.75 Å². The van der Waals surface area contributed by atoms with Crippen molar-refractivity contribution < 1.29 is 14.3 Å². The van der Waals surface area contributed by atoms with Gasteiger partial charge in [0.05, 0.1) is 13.2 Å². The highest BCUT2D eigenvalue weighted by Crippen LogP contribution is 2.41. The summed E-state index contributed by atoms with van der Waals surface area (Å²) in [7, 11) is 0. The van der Waals surface area contributed by atoms with Crippen molar-refractivity contribution in [3.05, 3.63) is 77.9 Å². The third-order valence-corrected chi connectivity index (χ3v) is 5.47. The molecule has 0 radical (unpaired) electrons. The van der Waals surface area contributed by atoms with E-state index < -0.39 is 5.54 Å². The normalized spacial score (nSPS) is 21.3. The van der Waals surface area contributed by atoms with Crippen molar-refractivity contribution in [2.75, 3.05) is 6.61 Å². The van der Waals surface area contributed by atoms with Crippen LogP contribution in [-0.2, 0) is 16.9 Å². The molecule has 5 rings (SSSR count). The molecule has 3 amide bonds. The number of para-hydroxylation sites is 1. The quantitative estimate of drug-likeness (QED) is 0.713. The summed E-state index contributed by atoms with van der Waals surface area (Å²) in [6, 6.07) is 21.0. The number of hydrogen-bond acceptors (Lipinski definition) is 3. The van der Waals surface area contributed by atoms with Crippen LogP contribution in [0, 0.1) is 0 Å². The highest BCUT2D eigenvalue weighted by atomic mass is 16.5. The summed E-state index contributed by atoms with van der Waals surface area (Å²) in [5.41, 5.74) is 0.653. The molecule has 1 atom stereocenters. The zero-order valence-electron chi connectivity index (χ0n) is 14.6. The van der Waals surface area contributed by atoms with E-state index in [0.717, 1.165) is 21.9 Å². The number of carbonyl (C=O) groups is 2. The molecule has 0 aromatic heterocycles. The molecule has 0 aliphatic carbocycles. The Morgan fingerprint density at radius 1 is 0.963 bits per heavy atom. The predicted molar refractivity (Wildman–Crippen MR) is 101 cm³/mol. The van der Waals surface area contributed by atoms with Crippen molar-refractivity contribution in [1.82, 2.24) is 10.2 Å². The summed E-state index contributed by atoms with van der Waals surface area (Å²) in [6.07, 6.45) is 0.431. The SMILES string of the molecule is O=C1N[C@]2(CCOc3ccccc32)C(=O)N1Cc1cccc2ccccc12. The fourth-order valence-electron chi connectivity index (χ4n) is 4.12. The van der Waals surface area contributed by atoms with Crippen LogP contribution in [0.1, 0.15) is 17.5 Å². The van der Waals surface area contributed by atoms with Gasteiger partial charge < -0.3 is 10.1 Å². The number of imide groups is 1. The van der Waals surface area contributed by atoms with Gasteiger partial charge in [0.15, 0.2) is 5.54 Å². The van der Waals surface area contributed by atoms with Crippen LogP contribution in [0.25, 0.3) is 10.8 Å². The Kier molecular flexibility index (Phi) is 3.44. The van der Waals surface area contributed by atoms with Gasteiger partial charge >= 0.3 is 6.03 Å². The van der Waals surface area contributed by atoms with Gasteiger partial charge in [0, 0.05) is 12.0 Å². The standard InChI is InChI=1S/C22H18N2O3/c25-20-22(12-13-27-19-11-4-3-10-18(19)22)23-21(26)24(20)14-16-8-5-7-15-6-1-2-9-17(15)16/h1-11H,12-14H2,(H,23,26)/t22-/m0/s1. The molecule has 3 aromatic rings. The van der Waals surface area contributed by atoms with Gasteiger partial charge in [-0.3, -0.25) is 9.69 Å². The van der Waals surface area contributed by atoms with E-state index in [1.807, 2.05) is 66.7 Å². The lowest BCUT2D eigenvalue weighted by molar-refractivity contribution is -0.133. The van der Waals surface area contributed by atoms with E-state index in [9.17, 15) is 9.59 Å².